The lowest BCUT2D eigenvalue weighted by Crippen LogP contribution is -2.38. The van der Waals surface area contributed by atoms with E-state index in [1.807, 2.05) is 6.07 Å². The number of nitrogens with zero attached hydrogens (tertiary/aromatic N) is 2. The van der Waals surface area contributed by atoms with Crippen LogP contribution in [0.1, 0.15) is 45.1 Å². The number of ether oxygens (including phenoxy) is 1. The Morgan fingerprint density at radius 3 is 2.73 bits per heavy atom. The van der Waals surface area contributed by atoms with Crippen molar-refractivity contribution in [2.75, 3.05) is 26.9 Å². The first kappa shape index (κ1) is 21.2. The van der Waals surface area contributed by atoms with Crippen LogP contribution in [0.5, 0.6) is 0 Å². The summed E-state index contributed by atoms with van der Waals surface area (Å²) in [7, 11) is 1.67. The maximum atomic E-state index is 10.4. The molecule has 0 spiro atoms. The van der Waals surface area contributed by atoms with E-state index in [0.717, 1.165) is 30.9 Å². The van der Waals surface area contributed by atoms with E-state index in [9.17, 15) is 10.2 Å². The van der Waals surface area contributed by atoms with Gasteiger partial charge < -0.3 is 20.3 Å². The standard InChI is InChI=1S/C20H35N3O3/c1-20(2,3)7-9-21-17-12-18(25)16(13-24)15(17)11-14-5-8-22-19(23-14)6-10-26-4/h5,8,15-18,21,24-25H,6-7,9-13H2,1-4H3. The smallest absolute Gasteiger partial charge is 0.130 e. The molecule has 1 saturated carbocycles. The summed E-state index contributed by atoms with van der Waals surface area (Å²) < 4.78 is 5.10. The molecule has 0 saturated heterocycles. The summed E-state index contributed by atoms with van der Waals surface area (Å²) in [4.78, 5) is 8.94. The average Bonchev–Trinajstić information content (AvgIpc) is 2.87. The Morgan fingerprint density at radius 1 is 1.31 bits per heavy atom. The van der Waals surface area contributed by atoms with Crippen molar-refractivity contribution in [2.45, 2.75) is 58.6 Å². The molecule has 2 rings (SSSR count). The SMILES string of the molecule is COCCc1nccc(CC2C(NCCC(C)(C)C)CC(O)C2CO)n1. The fraction of sp³-hybridized carbons (Fsp3) is 0.800. The van der Waals surface area contributed by atoms with Crippen LogP contribution in [0.4, 0.5) is 0 Å². The summed E-state index contributed by atoms with van der Waals surface area (Å²) in [5.74, 6) is 0.834. The van der Waals surface area contributed by atoms with Crippen molar-refractivity contribution in [3.05, 3.63) is 23.8 Å². The Labute approximate surface area is 157 Å². The average molecular weight is 366 g/mol. The topological polar surface area (TPSA) is 87.5 Å². The molecular formula is C20H35N3O3. The van der Waals surface area contributed by atoms with Crippen LogP contribution >= 0.6 is 0 Å². The zero-order valence-corrected chi connectivity index (χ0v) is 16.6. The second-order valence-electron chi connectivity index (χ2n) is 8.60. The summed E-state index contributed by atoms with van der Waals surface area (Å²) in [6.45, 7) is 8.21. The van der Waals surface area contributed by atoms with Crippen molar-refractivity contribution in [3.63, 3.8) is 0 Å². The van der Waals surface area contributed by atoms with Gasteiger partial charge in [-0.3, -0.25) is 0 Å². The molecule has 1 aliphatic carbocycles. The normalized spacial score (nSPS) is 26.4. The van der Waals surface area contributed by atoms with Crippen molar-refractivity contribution < 1.29 is 14.9 Å². The fourth-order valence-electron chi connectivity index (χ4n) is 3.72. The molecule has 6 heteroatoms. The first-order valence-electron chi connectivity index (χ1n) is 9.66. The third kappa shape index (κ3) is 6.27. The Balaban J connectivity index is 2.04. The summed E-state index contributed by atoms with van der Waals surface area (Å²) in [6.07, 6.45) is 4.50. The van der Waals surface area contributed by atoms with E-state index < -0.39 is 6.10 Å². The summed E-state index contributed by atoms with van der Waals surface area (Å²) >= 11 is 0. The number of hydrogen-bond donors (Lipinski definition) is 3. The number of rotatable bonds is 9. The molecular weight excluding hydrogens is 330 g/mol. The number of aliphatic hydroxyl groups excluding tert-OH is 2. The van der Waals surface area contributed by atoms with E-state index in [1.54, 1.807) is 13.3 Å². The highest BCUT2D eigenvalue weighted by Crippen LogP contribution is 2.35. The zero-order valence-electron chi connectivity index (χ0n) is 16.6. The Kier molecular flexibility index (Phi) is 7.95. The highest BCUT2D eigenvalue weighted by Gasteiger charge is 2.42. The molecule has 1 aromatic rings. The van der Waals surface area contributed by atoms with Gasteiger partial charge in [0.15, 0.2) is 0 Å². The maximum absolute atomic E-state index is 10.4. The van der Waals surface area contributed by atoms with Gasteiger partial charge in [0.05, 0.1) is 12.7 Å². The first-order chi connectivity index (χ1) is 12.3. The lowest BCUT2D eigenvalue weighted by Gasteiger charge is -2.26. The van der Waals surface area contributed by atoms with E-state index in [0.29, 0.717) is 19.4 Å². The fourth-order valence-corrected chi connectivity index (χ4v) is 3.72. The van der Waals surface area contributed by atoms with E-state index in [1.165, 1.54) is 0 Å². The summed E-state index contributed by atoms with van der Waals surface area (Å²) in [5.41, 5.74) is 1.24. The second kappa shape index (κ2) is 9.74. The second-order valence-corrected chi connectivity index (χ2v) is 8.60. The first-order valence-corrected chi connectivity index (χ1v) is 9.66. The van der Waals surface area contributed by atoms with Crippen molar-refractivity contribution in [1.82, 2.24) is 15.3 Å². The molecule has 148 valence electrons. The zero-order chi connectivity index (χ0) is 19.2. The quantitative estimate of drug-likeness (QED) is 0.616. The number of methoxy groups -OCH3 is 1. The van der Waals surface area contributed by atoms with Crippen LogP contribution in [0.2, 0.25) is 0 Å². The predicted molar refractivity (Wildman–Crippen MR) is 102 cm³/mol. The minimum Gasteiger partial charge on any atom is -0.396 e. The van der Waals surface area contributed by atoms with Crippen molar-refractivity contribution in [1.29, 1.82) is 0 Å². The maximum Gasteiger partial charge on any atom is 0.130 e. The summed E-state index contributed by atoms with van der Waals surface area (Å²) in [6, 6.07) is 2.13. The number of aliphatic hydroxyl groups is 2. The Morgan fingerprint density at radius 2 is 2.08 bits per heavy atom. The van der Waals surface area contributed by atoms with Crippen LogP contribution < -0.4 is 5.32 Å². The van der Waals surface area contributed by atoms with Crippen molar-refractivity contribution in [2.24, 2.45) is 17.3 Å². The highest BCUT2D eigenvalue weighted by molar-refractivity contribution is 5.08. The van der Waals surface area contributed by atoms with Gasteiger partial charge in [-0.05, 0) is 43.2 Å². The molecule has 0 radical (unpaired) electrons. The number of hydrogen-bond acceptors (Lipinski definition) is 6. The molecule has 1 heterocycles. The van der Waals surface area contributed by atoms with E-state index in [4.69, 9.17) is 4.74 Å². The minimum absolute atomic E-state index is 0.00486. The van der Waals surface area contributed by atoms with Crippen LogP contribution in [-0.2, 0) is 17.6 Å². The lowest BCUT2D eigenvalue weighted by atomic mass is 9.88. The molecule has 0 amide bonds. The van der Waals surface area contributed by atoms with Gasteiger partial charge in [-0.1, -0.05) is 20.8 Å². The van der Waals surface area contributed by atoms with E-state index in [2.05, 4.69) is 36.1 Å². The molecule has 0 aromatic carbocycles. The van der Waals surface area contributed by atoms with Gasteiger partial charge >= 0.3 is 0 Å². The number of nitrogens with one attached hydrogen (secondary N) is 1. The van der Waals surface area contributed by atoms with Crippen LogP contribution in [-0.4, -0.2) is 59.2 Å². The molecule has 0 aliphatic heterocycles. The Hall–Kier alpha value is -1.08. The molecule has 26 heavy (non-hydrogen) atoms. The molecule has 4 unspecified atom stereocenters. The molecule has 1 aromatic heterocycles. The largest absolute Gasteiger partial charge is 0.396 e. The third-order valence-electron chi connectivity index (χ3n) is 5.29. The van der Waals surface area contributed by atoms with Crippen LogP contribution in [0.3, 0.4) is 0 Å². The van der Waals surface area contributed by atoms with E-state index in [-0.39, 0.29) is 29.9 Å². The van der Waals surface area contributed by atoms with Gasteiger partial charge in [-0.15, -0.1) is 0 Å². The minimum atomic E-state index is -0.466. The van der Waals surface area contributed by atoms with Crippen molar-refractivity contribution in [3.8, 4) is 0 Å². The van der Waals surface area contributed by atoms with Crippen LogP contribution in [0.15, 0.2) is 12.3 Å². The lowest BCUT2D eigenvalue weighted by molar-refractivity contribution is 0.0715. The van der Waals surface area contributed by atoms with Gasteiger partial charge in [0.2, 0.25) is 0 Å². The Bertz CT molecular complexity index is 547. The van der Waals surface area contributed by atoms with Crippen molar-refractivity contribution >= 4 is 0 Å². The van der Waals surface area contributed by atoms with Gasteiger partial charge in [0.25, 0.3) is 0 Å². The molecule has 4 atom stereocenters. The highest BCUT2D eigenvalue weighted by atomic mass is 16.5. The van der Waals surface area contributed by atoms with Crippen LogP contribution in [0, 0.1) is 17.3 Å². The molecule has 1 fully saturated rings. The van der Waals surface area contributed by atoms with Gasteiger partial charge in [0, 0.05) is 44.0 Å². The molecule has 0 bridgehead atoms. The molecule has 3 N–H and O–H groups in total. The van der Waals surface area contributed by atoms with Gasteiger partial charge in [-0.25, -0.2) is 9.97 Å². The molecule has 6 nitrogen and oxygen atoms in total. The number of aromatic nitrogens is 2. The van der Waals surface area contributed by atoms with Crippen LogP contribution in [0.25, 0.3) is 0 Å². The third-order valence-corrected chi connectivity index (χ3v) is 5.29. The summed E-state index contributed by atoms with van der Waals surface area (Å²) in [5, 5.41) is 23.8. The molecule has 1 aliphatic rings. The van der Waals surface area contributed by atoms with E-state index >= 15 is 0 Å². The van der Waals surface area contributed by atoms with Gasteiger partial charge in [0.1, 0.15) is 5.82 Å². The van der Waals surface area contributed by atoms with Gasteiger partial charge in [-0.2, -0.15) is 0 Å². The monoisotopic (exact) mass is 365 g/mol. The predicted octanol–water partition coefficient (Wildman–Crippen LogP) is 1.59.